The quantitative estimate of drug-likeness (QED) is 0.837. The van der Waals surface area contributed by atoms with E-state index in [1.165, 1.54) is 11.8 Å². The van der Waals surface area contributed by atoms with E-state index >= 15 is 0 Å². The largest absolute Gasteiger partial charge is 0.360 e. The minimum absolute atomic E-state index is 0.134. The van der Waals surface area contributed by atoms with E-state index in [4.69, 9.17) is 4.52 Å². The lowest BCUT2D eigenvalue weighted by molar-refractivity contribution is -0.115. The Balaban J connectivity index is 1.82. The first-order valence-electron chi connectivity index (χ1n) is 7.58. The molecule has 0 saturated carbocycles. The van der Waals surface area contributed by atoms with Gasteiger partial charge in [0.2, 0.25) is 11.8 Å². The Morgan fingerprint density at radius 3 is 2.67 bits per heavy atom. The van der Waals surface area contributed by atoms with Gasteiger partial charge in [-0.2, -0.15) is 0 Å². The van der Waals surface area contributed by atoms with Crippen molar-refractivity contribution in [3.8, 4) is 0 Å². The van der Waals surface area contributed by atoms with E-state index in [-0.39, 0.29) is 22.8 Å². The van der Waals surface area contributed by atoms with Crippen LogP contribution in [0.4, 0.5) is 11.5 Å². The van der Waals surface area contributed by atoms with E-state index in [0.717, 1.165) is 16.8 Å². The fraction of sp³-hybridized carbons (Fsp3) is 0.353. The van der Waals surface area contributed by atoms with Crippen molar-refractivity contribution in [1.29, 1.82) is 0 Å². The minimum Gasteiger partial charge on any atom is -0.360 e. The monoisotopic (exact) mass is 347 g/mol. The zero-order valence-corrected chi connectivity index (χ0v) is 15.0. The first-order chi connectivity index (χ1) is 11.4. The highest BCUT2D eigenvalue weighted by molar-refractivity contribution is 8.01. The van der Waals surface area contributed by atoms with Crippen molar-refractivity contribution in [3.63, 3.8) is 0 Å². The first-order valence-corrected chi connectivity index (χ1v) is 8.63. The fourth-order valence-electron chi connectivity index (χ4n) is 2.00. The molecule has 0 unspecified atom stereocenters. The Hall–Kier alpha value is -2.28. The normalized spacial score (nSPS) is 11.8. The number of aryl methyl sites for hydroxylation is 2. The summed E-state index contributed by atoms with van der Waals surface area (Å²) in [6.45, 7) is 7.46. The van der Waals surface area contributed by atoms with E-state index < -0.39 is 0 Å². The Morgan fingerprint density at radius 2 is 2.00 bits per heavy atom. The zero-order chi connectivity index (χ0) is 17.7. The SMILES string of the molecule is Cc1cc(NC(=O)[C@@H](C)SCC(=O)Nc2cccc(C)c2C)no1. The molecule has 24 heavy (non-hydrogen) atoms. The third kappa shape index (κ3) is 4.86. The van der Waals surface area contributed by atoms with E-state index in [1.54, 1.807) is 19.9 Å². The summed E-state index contributed by atoms with van der Waals surface area (Å²) >= 11 is 1.27. The molecule has 1 heterocycles. The van der Waals surface area contributed by atoms with Gasteiger partial charge in [-0.05, 0) is 44.9 Å². The summed E-state index contributed by atoms with van der Waals surface area (Å²) in [4.78, 5) is 24.1. The van der Waals surface area contributed by atoms with Crippen LogP contribution >= 0.6 is 11.8 Å². The lowest BCUT2D eigenvalue weighted by atomic mass is 10.1. The van der Waals surface area contributed by atoms with Crippen LogP contribution in [0.2, 0.25) is 0 Å². The number of thioether (sulfide) groups is 1. The summed E-state index contributed by atoms with van der Waals surface area (Å²) in [6, 6.07) is 7.41. The van der Waals surface area contributed by atoms with Crippen LogP contribution < -0.4 is 10.6 Å². The molecular formula is C17H21N3O3S. The van der Waals surface area contributed by atoms with E-state index in [2.05, 4.69) is 15.8 Å². The highest BCUT2D eigenvalue weighted by atomic mass is 32.2. The van der Waals surface area contributed by atoms with Crippen molar-refractivity contribution in [2.24, 2.45) is 0 Å². The molecule has 0 radical (unpaired) electrons. The minimum atomic E-state index is -0.383. The van der Waals surface area contributed by atoms with Crippen molar-refractivity contribution in [2.45, 2.75) is 32.9 Å². The van der Waals surface area contributed by atoms with Crippen LogP contribution in [-0.4, -0.2) is 28.0 Å². The number of benzene rings is 1. The van der Waals surface area contributed by atoms with Crippen LogP contribution in [0.15, 0.2) is 28.8 Å². The average Bonchev–Trinajstić information content (AvgIpc) is 2.94. The van der Waals surface area contributed by atoms with Gasteiger partial charge in [0.15, 0.2) is 5.82 Å². The van der Waals surface area contributed by atoms with Crippen LogP contribution in [0, 0.1) is 20.8 Å². The number of hydrogen-bond acceptors (Lipinski definition) is 5. The summed E-state index contributed by atoms with van der Waals surface area (Å²) in [5.74, 6) is 0.849. The van der Waals surface area contributed by atoms with Crippen LogP contribution in [0.3, 0.4) is 0 Å². The molecule has 0 aliphatic rings. The summed E-state index contributed by atoms with van der Waals surface area (Å²) in [5.41, 5.74) is 2.97. The number of nitrogens with zero attached hydrogens (tertiary/aromatic N) is 1. The number of carbonyl (C=O) groups is 2. The second-order valence-corrected chi connectivity index (χ2v) is 6.89. The Labute approximate surface area is 145 Å². The topological polar surface area (TPSA) is 84.2 Å². The molecule has 128 valence electrons. The van der Waals surface area contributed by atoms with Crippen molar-refractivity contribution in [3.05, 3.63) is 41.2 Å². The van der Waals surface area contributed by atoms with Gasteiger partial charge in [-0.1, -0.05) is 17.3 Å². The van der Waals surface area contributed by atoms with Gasteiger partial charge in [0, 0.05) is 11.8 Å². The number of rotatable bonds is 6. The molecule has 2 aromatic rings. The fourth-order valence-corrected chi connectivity index (χ4v) is 2.69. The first kappa shape index (κ1) is 18.1. The molecule has 0 bridgehead atoms. The molecule has 0 aliphatic carbocycles. The predicted octanol–water partition coefficient (Wildman–Crippen LogP) is 3.30. The lowest BCUT2D eigenvalue weighted by Gasteiger charge is -2.12. The summed E-state index contributed by atoms with van der Waals surface area (Å²) < 4.78 is 4.89. The molecule has 1 atom stereocenters. The van der Waals surface area contributed by atoms with E-state index in [9.17, 15) is 9.59 Å². The predicted molar refractivity (Wildman–Crippen MR) is 96.3 cm³/mol. The average molecular weight is 347 g/mol. The van der Waals surface area contributed by atoms with Gasteiger partial charge in [0.1, 0.15) is 5.76 Å². The number of carbonyl (C=O) groups excluding carboxylic acids is 2. The lowest BCUT2D eigenvalue weighted by Crippen LogP contribution is -2.25. The van der Waals surface area contributed by atoms with Crippen LogP contribution in [0.1, 0.15) is 23.8 Å². The molecule has 1 aromatic carbocycles. The highest BCUT2D eigenvalue weighted by Gasteiger charge is 2.17. The molecule has 7 heteroatoms. The summed E-state index contributed by atoms with van der Waals surface area (Å²) in [6.07, 6.45) is 0. The maximum Gasteiger partial charge on any atom is 0.238 e. The van der Waals surface area contributed by atoms with Crippen LogP contribution in [0.5, 0.6) is 0 Å². The molecule has 0 saturated heterocycles. The molecule has 2 N–H and O–H groups in total. The molecule has 0 spiro atoms. The van der Waals surface area contributed by atoms with Crippen molar-refractivity contribution < 1.29 is 14.1 Å². The van der Waals surface area contributed by atoms with Crippen LogP contribution in [-0.2, 0) is 9.59 Å². The third-order valence-electron chi connectivity index (χ3n) is 3.59. The number of hydrogen-bond donors (Lipinski definition) is 2. The van der Waals surface area contributed by atoms with E-state index in [1.807, 2.05) is 32.0 Å². The smallest absolute Gasteiger partial charge is 0.238 e. The molecular weight excluding hydrogens is 326 g/mol. The summed E-state index contributed by atoms with van der Waals surface area (Å²) in [7, 11) is 0. The number of anilines is 2. The van der Waals surface area contributed by atoms with Gasteiger partial charge in [-0.3, -0.25) is 9.59 Å². The van der Waals surface area contributed by atoms with Crippen molar-refractivity contribution in [2.75, 3.05) is 16.4 Å². The highest BCUT2D eigenvalue weighted by Crippen LogP contribution is 2.19. The number of nitrogens with one attached hydrogen (secondary N) is 2. The Bertz CT molecular complexity index is 742. The summed E-state index contributed by atoms with van der Waals surface area (Å²) in [5, 5.41) is 8.86. The van der Waals surface area contributed by atoms with Gasteiger partial charge in [-0.15, -0.1) is 11.8 Å². The zero-order valence-electron chi connectivity index (χ0n) is 14.2. The Morgan fingerprint density at radius 1 is 1.25 bits per heavy atom. The Kier molecular flexibility index (Phi) is 6.03. The van der Waals surface area contributed by atoms with Gasteiger partial charge in [0.25, 0.3) is 0 Å². The van der Waals surface area contributed by atoms with Gasteiger partial charge in [-0.25, -0.2) is 0 Å². The van der Waals surface area contributed by atoms with Gasteiger partial charge in [0.05, 0.1) is 11.0 Å². The van der Waals surface area contributed by atoms with Gasteiger partial charge < -0.3 is 15.2 Å². The number of amides is 2. The number of aromatic nitrogens is 1. The van der Waals surface area contributed by atoms with Crippen LogP contribution in [0.25, 0.3) is 0 Å². The van der Waals surface area contributed by atoms with Crippen molar-refractivity contribution >= 4 is 35.1 Å². The second kappa shape index (κ2) is 8.01. The second-order valence-electron chi connectivity index (χ2n) is 5.56. The third-order valence-corrected chi connectivity index (χ3v) is 4.73. The van der Waals surface area contributed by atoms with E-state index in [0.29, 0.717) is 11.6 Å². The maximum atomic E-state index is 12.1. The molecule has 2 rings (SSSR count). The molecule has 2 amide bonds. The molecule has 0 fully saturated rings. The maximum absolute atomic E-state index is 12.1. The van der Waals surface area contributed by atoms with Gasteiger partial charge >= 0.3 is 0 Å². The molecule has 1 aromatic heterocycles. The standard InChI is InChI=1S/C17H21N3O3S/c1-10-6-5-7-14(12(10)3)18-16(21)9-24-13(4)17(22)19-15-8-11(2)23-20-15/h5-8,13H,9H2,1-4H3,(H,18,21)(H,19,20,22)/t13-/m1/s1. The molecule has 0 aliphatic heterocycles. The van der Waals surface area contributed by atoms with Crippen molar-refractivity contribution in [1.82, 2.24) is 5.16 Å². The molecule has 6 nitrogen and oxygen atoms in total.